The fourth-order valence-corrected chi connectivity index (χ4v) is 2.83. The van der Waals surface area contributed by atoms with Crippen LogP contribution < -0.4 is 4.72 Å². The number of hydrogen-bond acceptors (Lipinski definition) is 2. The predicted molar refractivity (Wildman–Crippen MR) is 64.0 cm³/mol. The molecule has 0 atom stereocenters. The van der Waals surface area contributed by atoms with E-state index in [1.165, 1.54) is 0 Å². The lowest BCUT2D eigenvalue weighted by molar-refractivity contribution is 0.602. The van der Waals surface area contributed by atoms with Crippen molar-refractivity contribution in [2.75, 3.05) is 16.4 Å². The number of rotatable bonds is 4. The summed E-state index contributed by atoms with van der Waals surface area (Å²) in [7, 11) is -3.31. The minimum atomic E-state index is -3.31. The largest absolute Gasteiger partial charge is 0.283 e. The third-order valence-corrected chi connectivity index (χ3v) is 3.75. The van der Waals surface area contributed by atoms with Crippen LogP contribution in [0.3, 0.4) is 0 Å². The van der Waals surface area contributed by atoms with Gasteiger partial charge in [-0.25, -0.2) is 8.42 Å². The molecular formula is C10H14ClNO2S. The molecule has 0 bridgehead atoms. The summed E-state index contributed by atoms with van der Waals surface area (Å²) in [5.41, 5.74) is 2.48. The van der Waals surface area contributed by atoms with Gasteiger partial charge in [0, 0.05) is 5.88 Å². The van der Waals surface area contributed by atoms with Crippen molar-refractivity contribution in [1.82, 2.24) is 0 Å². The number of halogens is 1. The monoisotopic (exact) mass is 247 g/mol. The van der Waals surface area contributed by atoms with Gasteiger partial charge in [0.1, 0.15) is 0 Å². The molecular weight excluding hydrogens is 234 g/mol. The topological polar surface area (TPSA) is 46.2 Å². The lowest BCUT2D eigenvalue weighted by atomic mass is 10.1. The van der Waals surface area contributed by atoms with E-state index in [1.54, 1.807) is 0 Å². The second-order valence-corrected chi connectivity index (χ2v) is 5.60. The Labute approximate surface area is 95.5 Å². The minimum Gasteiger partial charge on any atom is -0.283 e. The molecule has 3 nitrogen and oxygen atoms in total. The van der Waals surface area contributed by atoms with Crippen molar-refractivity contribution in [3.63, 3.8) is 0 Å². The summed E-state index contributed by atoms with van der Waals surface area (Å²) in [6.07, 6.45) is 0. The fourth-order valence-electron chi connectivity index (χ4n) is 1.28. The second kappa shape index (κ2) is 4.86. The zero-order valence-corrected chi connectivity index (χ0v) is 10.3. The molecule has 1 aromatic rings. The van der Waals surface area contributed by atoms with E-state index in [0.29, 0.717) is 5.69 Å². The van der Waals surface area contributed by atoms with Gasteiger partial charge in [0.2, 0.25) is 10.0 Å². The van der Waals surface area contributed by atoms with Crippen LogP contribution in [0.5, 0.6) is 0 Å². The SMILES string of the molecule is Cc1cccc(C)c1NS(=O)(=O)CCCl. The van der Waals surface area contributed by atoms with Crippen molar-refractivity contribution in [3.8, 4) is 0 Å². The van der Waals surface area contributed by atoms with Crippen molar-refractivity contribution in [3.05, 3.63) is 29.3 Å². The van der Waals surface area contributed by atoms with E-state index in [4.69, 9.17) is 11.6 Å². The Hall–Kier alpha value is -0.740. The van der Waals surface area contributed by atoms with Gasteiger partial charge in [0.15, 0.2) is 0 Å². The fraction of sp³-hybridized carbons (Fsp3) is 0.400. The standard InChI is InChI=1S/C10H14ClNO2S/c1-8-4-3-5-9(2)10(8)12-15(13,14)7-6-11/h3-5,12H,6-7H2,1-2H3. The van der Waals surface area contributed by atoms with Crippen molar-refractivity contribution in [2.45, 2.75) is 13.8 Å². The zero-order chi connectivity index (χ0) is 11.5. The van der Waals surface area contributed by atoms with E-state index >= 15 is 0 Å². The highest BCUT2D eigenvalue weighted by molar-refractivity contribution is 7.92. The molecule has 0 aromatic heterocycles. The van der Waals surface area contributed by atoms with E-state index < -0.39 is 10.0 Å². The van der Waals surface area contributed by atoms with Gasteiger partial charge in [-0.1, -0.05) is 18.2 Å². The molecule has 0 amide bonds. The molecule has 0 aliphatic rings. The molecule has 0 unspecified atom stereocenters. The van der Waals surface area contributed by atoms with Gasteiger partial charge in [0.25, 0.3) is 0 Å². The van der Waals surface area contributed by atoms with E-state index in [9.17, 15) is 8.42 Å². The van der Waals surface area contributed by atoms with Crippen LogP contribution in [-0.2, 0) is 10.0 Å². The Morgan fingerprint density at radius 3 is 2.27 bits per heavy atom. The van der Waals surface area contributed by atoms with Gasteiger partial charge in [-0.2, -0.15) is 0 Å². The first-order valence-corrected chi connectivity index (χ1v) is 6.77. The third kappa shape index (κ3) is 3.39. The summed E-state index contributed by atoms with van der Waals surface area (Å²) in [6, 6.07) is 5.63. The summed E-state index contributed by atoms with van der Waals surface area (Å²) in [4.78, 5) is 0. The minimum absolute atomic E-state index is 0.0671. The lowest BCUT2D eigenvalue weighted by Gasteiger charge is -2.12. The predicted octanol–water partition coefficient (Wildman–Crippen LogP) is 2.28. The molecule has 1 aromatic carbocycles. The van der Waals surface area contributed by atoms with Crippen LogP contribution in [0.4, 0.5) is 5.69 Å². The molecule has 15 heavy (non-hydrogen) atoms. The first kappa shape index (κ1) is 12.3. The van der Waals surface area contributed by atoms with Gasteiger partial charge in [0.05, 0.1) is 11.4 Å². The molecule has 1 N–H and O–H groups in total. The lowest BCUT2D eigenvalue weighted by Crippen LogP contribution is -2.18. The van der Waals surface area contributed by atoms with Crippen molar-refractivity contribution < 1.29 is 8.42 Å². The van der Waals surface area contributed by atoms with E-state index in [2.05, 4.69) is 4.72 Å². The van der Waals surface area contributed by atoms with Crippen LogP contribution in [0.15, 0.2) is 18.2 Å². The average molecular weight is 248 g/mol. The molecule has 0 spiro atoms. The molecule has 0 aliphatic heterocycles. The quantitative estimate of drug-likeness (QED) is 0.830. The van der Waals surface area contributed by atoms with Gasteiger partial charge < -0.3 is 0 Å². The van der Waals surface area contributed by atoms with Crippen LogP contribution >= 0.6 is 11.6 Å². The number of sulfonamides is 1. The summed E-state index contributed by atoms with van der Waals surface area (Å²) < 4.78 is 25.6. The smallest absolute Gasteiger partial charge is 0.233 e. The molecule has 1 rings (SSSR count). The Morgan fingerprint density at radius 1 is 1.27 bits per heavy atom. The second-order valence-electron chi connectivity index (χ2n) is 3.38. The Bertz CT molecular complexity index is 422. The van der Waals surface area contributed by atoms with Crippen molar-refractivity contribution in [1.29, 1.82) is 0 Å². The average Bonchev–Trinajstić information content (AvgIpc) is 2.11. The molecule has 84 valence electrons. The highest BCUT2D eigenvalue weighted by Crippen LogP contribution is 2.20. The molecule has 0 heterocycles. The Morgan fingerprint density at radius 2 is 1.80 bits per heavy atom. The number of hydrogen-bond donors (Lipinski definition) is 1. The maximum atomic E-state index is 11.5. The first-order chi connectivity index (χ1) is 6.96. The van der Waals surface area contributed by atoms with E-state index in [1.807, 2.05) is 32.0 Å². The van der Waals surface area contributed by atoms with E-state index in [-0.39, 0.29) is 11.6 Å². The van der Waals surface area contributed by atoms with Crippen LogP contribution in [0.2, 0.25) is 0 Å². The summed E-state index contributed by atoms with van der Waals surface area (Å²) in [6.45, 7) is 3.73. The van der Waals surface area contributed by atoms with Gasteiger partial charge in [-0.3, -0.25) is 4.72 Å². The summed E-state index contributed by atoms with van der Waals surface area (Å²) in [5, 5.41) is 0. The first-order valence-electron chi connectivity index (χ1n) is 4.59. The Kier molecular flexibility index (Phi) is 3.99. The van der Waals surface area contributed by atoms with E-state index in [0.717, 1.165) is 11.1 Å². The highest BCUT2D eigenvalue weighted by atomic mass is 35.5. The highest BCUT2D eigenvalue weighted by Gasteiger charge is 2.12. The maximum Gasteiger partial charge on any atom is 0.233 e. The normalized spacial score (nSPS) is 11.4. The van der Waals surface area contributed by atoms with Gasteiger partial charge >= 0.3 is 0 Å². The summed E-state index contributed by atoms with van der Waals surface area (Å²) >= 11 is 5.41. The zero-order valence-electron chi connectivity index (χ0n) is 8.75. The van der Waals surface area contributed by atoms with Gasteiger partial charge in [-0.05, 0) is 25.0 Å². The Balaban J connectivity index is 2.99. The van der Waals surface area contributed by atoms with Crippen LogP contribution in [0, 0.1) is 13.8 Å². The number of aryl methyl sites for hydroxylation is 2. The number of para-hydroxylation sites is 1. The molecule has 5 heteroatoms. The molecule has 0 fully saturated rings. The van der Waals surface area contributed by atoms with Crippen LogP contribution in [0.1, 0.15) is 11.1 Å². The molecule has 0 radical (unpaired) electrons. The number of benzene rings is 1. The third-order valence-electron chi connectivity index (χ3n) is 2.08. The number of alkyl halides is 1. The molecule has 0 saturated carbocycles. The molecule has 0 saturated heterocycles. The van der Waals surface area contributed by atoms with Gasteiger partial charge in [-0.15, -0.1) is 11.6 Å². The maximum absolute atomic E-state index is 11.5. The summed E-state index contributed by atoms with van der Waals surface area (Å²) in [5.74, 6) is 0.0303. The van der Waals surface area contributed by atoms with Crippen LogP contribution in [0.25, 0.3) is 0 Å². The number of nitrogens with one attached hydrogen (secondary N) is 1. The van der Waals surface area contributed by atoms with Crippen molar-refractivity contribution in [2.24, 2.45) is 0 Å². The number of anilines is 1. The van der Waals surface area contributed by atoms with Crippen molar-refractivity contribution >= 4 is 27.3 Å². The molecule has 0 aliphatic carbocycles. The van der Waals surface area contributed by atoms with Crippen LogP contribution in [-0.4, -0.2) is 20.1 Å².